The van der Waals surface area contributed by atoms with Crippen LogP contribution < -0.4 is 14.4 Å². The molecule has 0 amide bonds. The fourth-order valence-electron chi connectivity index (χ4n) is 4.41. The Morgan fingerprint density at radius 2 is 1.76 bits per heavy atom. The van der Waals surface area contributed by atoms with Crippen LogP contribution in [0.15, 0.2) is 41.3 Å². The van der Waals surface area contributed by atoms with Crippen molar-refractivity contribution in [2.75, 3.05) is 38.1 Å². The van der Waals surface area contributed by atoms with E-state index in [0.29, 0.717) is 17.5 Å². The molecule has 1 aliphatic heterocycles. The number of fused-ring (bicyclic) bond motifs is 1. The number of nitrogens with zero attached hydrogens (tertiary/aromatic N) is 2. The topological polar surface area (TPSA) is 61.9 Å². The van der Waals surface area contributed by atoms with Gasteiger partial charge in [0.05, 0.1) is 4.91 Å². The van der Waals surface area contributed by atoms with E-state index in [-0.39, 0.29) is 17.1 Å². The highest BCUT2D eigenvalue weighted by molar-refractivity contribution is 7.93. The Balaban J connectivity index is 1.55. The third kappa shape index (κ3) is 5.56. The Morgan fingerprint density at radius 3 is 2.47 bits per heavy atom. The van der Waals surface area contributed by atoms with Gasteiger partial charge in [0.25, 0.3) is 0 Å². The molecule has 6 nitrogen and oxygen atoms in total. The second-order valence-electron chi connectivity index (χ2n) is 8.69. The molecule has 0 bridgehead atoms. The molecular formula is C24H28F3N3O3S. The number of ether oxygens (including phenoxy) is 1. The van der Waals surface area contributed by atoms with Crippen molar-refractivity contribution in [3.05, 3.63) is 63.8 Å². The van der Waals surface area contributed by atoms with Crippen LogP contribution in [0.25, 0.3) is 6.08 Å². The molecule has 0 spiro atoms. The highest BCUT2D eigenvalue weighted by Crippen LogP contribution is 2.33. The molecule has 0 aromatic heterocycles. The number of anilines is 1. The Labute approximate surface area is 198 Å². The predicted octanol–water partition coefficient (Wildman–Crippen LogP) is 4.15. The van der Waals surface area contributed by atoms with Crippen LogP contribution in [-0.4, -0.2) is 53.2 Å². The summed E-state index contributed by atoms with van der Waals surface area (Å²) in [5, 5.41) is 0. The molecule has 1 fully saturated rings. The van der Waals surface area contributed by atoms with Gasteiger partial charge in [0.2, 0.25) is 10.0 Å². The first-order valence-electron chi connectivity index (χ1n) is 11.2. The largest absolute Gasteiger partial charge is 0.435 e. The summed E-state index contributed by atoms with van der Waals surface area (Å²) in [6.07, 6.45) is 2.15. The molecule has 1 heterocycles. The summed E-state index contributed by atoms with van der Waals surface area (Å²) in [5.41, 5.74) is 2.79. The number of likely N-dealkylation sites (N-methyl/N-ethyl adjacent to an activating group) is 1. The van der Waals surface area contributed by atoms with Gasteiger partial charge in [-0.15, -0.1) is 0 Å². The smallest absolute Gasteiger partial charge is 0.387 e. The van der Waals surface area contributed by atoms with Crippen molar-refractivity contribution in [3.63, 3.8) is 0 Å². The van der Waals surface area contributed by atoms with E-state index in [1.807, 2.05) is 7.05 Å². The number of halogens is 3. The zero-order valence-corrected chi connectivity index (χ0v) is 19.9. The minimum atomic E-state index is -3.86. The van der Waals surface area contributed by atoms with Gasteiger partial charge in [0.1, 0.15) is 11.6 Å². The van der Waals surface area contributed by atoms with Crippen molar-refractivity contribution in [2.45, 2.75) is 32.4 Å². The lowest BCUT2D eigenvalue weighted by Gasteiger charge is -2.36. The van der Waals surface area contributed by atoms with Gasteiger partial charge in [0.15, 0.2) is 0 Å². The summed E-state index contributed by atoms with van der Waals surface area (Å²) < 4.78 is 72.6. The Hall–Kier alpha value is -2.56. The standard InChI is InChI=1S/C24H28F3N3O3S/c1-16(22-15-19(25)5-8-23(22)30-11-9-29(2)10-12-30)28-34(31,32)21-7-4-17-13-20(33-24(26)27)6-3-18(17)14-21/h3,5-6,8,13-16,24,28H,4,7,9-12H2,1-2H3. The lowest BCUT2D eigenvalue weighted by molar-refractivity contribution is -0.0498. The molecule has 2 aromatic carbocycles. The zero-order valence-electron chi connectivity index (χ0n) is 19.1. The van der Waals surface area contributed by atoms with Crippen molar-refractivity contribution in [3.8, 4) is 5.75 Å². The van der Waals surface area contributed by atoms with Crippen LogP contribution in [0.5, 0.6) is 5.75 Å². The molecule has 34 heavy (non-hydrogen) atoms. The van der Waals surface area contributed by atoms with Gasteiger partial charge in [-0.2, -0.15) is 8.78 Å². The molecule has 10 heteroatoms. The highest BCUT2D eigenvalue weighted by Gasteiger charge is 2.27. The van der Waals surface area contributed by atoms with E-state index in [0.717, 1.165) is 37.4 Å². The molecule has 1 N–H and O–H groups in total. The van der Waals surface area contributed by atoms with Gasteiger partial charge >= 0.3 is 6.61 Å². The molecule has 1 unspecified atom stereocenters. The minimum absolute atomic E-state index is 0.0442. The van der Waals surface area contributed by atoms with Crippen LogP contribution in [0.2, 0.25) is 0 Å². The van der Waals surface area contributed by atoms with Crippen molar-refractivity contribution in [1.29, 1.82) is 0 Å². The van der Waals surface area contributed by atoms with Crippen molar-refractivity contribution in [1.82, 2.24) is 9.62 Å². The van der Waals surface area contributed by atoms with Crippen molar-refractivity contribution >= 4 is 21.8 Å². The number of nitrogens with one attached hydrogen (secondary N) is 1. The molecule has 0 radical (unpaired) electrons. The first-order chi connectivity index (χ1) is 16.1. The van der Waals surface area contributed by atoms with E-state index in [9.17, 15) is 21.6 Å². The maximum absolute atomic E-state index is 14.1. The maximum atomic E-state index is 14.1. The summed E-state index contributed by atoms with van der Waals surface area (Å²) in [4.78, 5) is 4.56. The van der Waals surface area contributed by atoms with Crippen molar-refractivity contribution < 1.29 is 26.3 Å². The van der Waals surface area contributed by atoms with Gasteiger partial charge in [0, 0.05) is 37.9 Å². The van der Waals surface area contributed by atoms with Gasteiger partial charge in [-0.3, -0.25) is 0 Å². The molecule has 2 aromatic rings. The van der Waals surface area contributed by atoms with Crippen molar-refractivity contribution in [2.24, 2.45) is 0 Å². The second kappa shape index (κ2) is 9.97. The summed E-state index contributed by atoms with van der Waals surface area (Å²) in [5.74, 6) is -0.380. The van der Waals surface area contributed by atoms with E-state index < -0.39 is 28.5 Å². The van der Waals surface area contributed by atoms with E-state index >= 15 is 0 Å². The van der Waals surface area contributed by atoms with Crippen LogP contribution in [0.3, 0.4) is 0 Å². The van der Waals surface area contributed by atoms with E-state index in [2.05, 4.69) is 19.3 Å². The number of aryl methyl sites for hydroxylation is 1. The Morgan fingerprint density at radius 1 is 1.03 bits per heavy atom. The van der Waals surface area contributed by atoms with Crippen LogP contribution in [-0.2, 0) is 16.4 Å². The fourth-order valence-corrected chi connectivity index (χ4v) is 5.81. The molecule has 184 valence electrons. The zero-order chi connectivity index (χ0) is 24.5. The number of piperazine rings is 1. The Kier molecular flexibility index (Phi) is 7.20. The number of sulfonamides is 1. The normalized spacial score (nSPS) is 17.9. The Bertz CT molecular complexity index is 1180. The van der Waals surface area contributed by atoms with E-state index in [1.165, 1.54) is 24.3 Å². The average molecular weight is 496 g/mol. The monoisotopic (exact) mass is 495 g/mol. The van der Waals surface area contributed by atoms with Gasteiger partial charge in [-0.05, 0) is 79.9 Å². The van der Waals surface area contributed by atoms with Crippen LogP contribution in [0, 0.1) is 5.82 Å². The minimum Gasteiger partial charge on any atom is -0.435 e. The SMILES string of the molecule is CC(NS(=O)(=O)C1=Cc2ccc(OC(F)F)cc2CC1)c1cc(F)ccc1N1CCN(C)CC1. The molecular weight excluding hydrogens is 467 g/mol. The molecule has 1 saturated heterocycles. The summed E-state index contributed by atoms with van der Waals surface area (Å²) in [6.45, 7) is 2.07. The van der Waals surface area contributed by atoms with Crippen LogP contribution in [0.4, 0.5) is 18.9 Å². The van der Waals surface area contributed by atoms with Crippen LogP contribution >= 0.6 is 0 Å². The fraction of sp³-hybridized carbons (Fsp3) is 0.417. The number of allylic oxidation sites excluding steroid dienone is 1. The molecule has 1 aliphatic carbocycles. The first-order valence-corrected chi connectivity index (χ1v) is 12.6. The van der Waals surface area contributed by atoms with Gasteiger partial charge in [-0.1, -0.05) is 6.07 Å². The summed E-state index contributed by atoms with van der Waals surface area (Å²) >= 11 is 0. The van der Waals surface area contributed by atoms with Gasteiger partial charge in [-0.25, -0.2) is 17.5 Å². The third-order valence-corrected chi connectivity index (χ3v) is 7.95. The van der Waals surface area contributed by atoms with E-state index in [4.69, 9.17) is 0 Å². The molecule has 2 aliphatic rings. The highest BCUT2D eigenvalue weighted by atomic mass is 32.2. The average Bonchev–Trinajstić information content (AvgIpc) is 2.78. The molecule has 1 atom stereocenters. The van der Waals surface area contributed by atoms with Gasteiger partial charge < -0.3 is 14.5 Å². The number of hydrogen-bond donors (Lipinski definition) is 1. The number of rotatable bonds is 7. The quantitative estimate of drug-likeness (QED) is 0.626. The maximum Gasteiger partial charge on any atom is 0.387 e. The third-order valence-electron chi connectivity index (χ3n) is 6.27. The number of hydrogen-bond acceptors (Lipinski definition) is 5. The lowest BCUT2D eigenvalue weighted by Crippen LogP contribution is -2.45. The summed E-state index contributed by atoms with van der Waals surface area (Å²) in [6, 6.07) is 8.30. The van der Waals surface area contributed by atoms with E-state index in [1.54, 1.807) is 25.1 Å². The predicted molar refractivity (Wildman–Crippen MR) is 126 cm³/mol. The van der Waals surface area contributed by atoms with Crippen LogP contribution in [0.1, 0.15) is 36.1 Å². The molecule has 4 rings (SSSR count). The first kappa shape index (κ1) is 24.6. The summed E-state index contributed by atoms with van der Waals surface area (Å²) in [7, 11) is -1.82. The second-order valence-corrected chi connectivity index (χ2v) is 10.5. The molecule has 0 saturated carbocycles. The number of benzene rings is 2. The lowest BCUT2D eigenvalue weighted by atomic mass is 9.97. The number of alkyl halides is 2.